The van der Waals surface area contributed by atoms with Crippen molar-refractivity contribution >= 4 is 37.7 Å². The van der Waals surface area contributed by atoms with Crippen LogP contribution in [0.25, 0.3) is 0 Å². The van der Waals surface area contributed by atoms with Gasteiger partial charge in [-0.2, -0.15) is 0 Å². The van der Waals surface area contributed by atoms with E-state index in [2.05, 4.69) is 19.3 Å². The van der Waals surface area contributed by atoms with Crippen molar-refractivity contribution in [3.05, 3.63) is 18.2 Å². The van der Waals surface area contributed by atoms with Gasteiger partial charge < -0.3 is 0 Å². The van der Waals surface area contributed by atoms with Crippen LogP contribution in [0, 0.1) is 0 Å². The summed E-state index contributed by atoms with van der Waals surface area (Å²) in [5.41, 5.74) is 3.08. The average molecular weight is 352 g/mol. The summed E-state index contributed by atoms with van der Waals surface area (Å²) >= 11 is 0.00160. The Morgan fingerprint density at radius 2 is 2.10 bits per heavy atom. The van der Waals surface area contributed by atoms with Gasteiger partial charge >= 0.3 is 130 Å². The molecule has 0 unspecified atom stereocenters. The van der Waals surface area contributed by atoms with Gasteiger partial charge in [-0.15, -0.1) is 0 Å². The van der Waals surface area contributed by atoms with Gasteiger partial charge in [0.2, 0.25) is 0 Å². The fraction of sp³-hybridized carbons (Fsp3) is 0.500. The molecule has 1 N–H and O–H groups in total. The molecular weight excluding hydrogens is 333 g/mol. The molecular formula is C14H19N5OSe. The van der Waals surface area contributed by atoms with Crippen LogP contribution < -0.4 is 5.32 Å². The minimum atomic E-state index is 0.00160. The first-order valence-electron chi connectivity index (χ1n) is 7.09. The van der Waals surface area contributed by atoms with E-state index in [-0.39, 0.29) is 20.6 Å². The number of hydrogen-bond acceptors (Lipinski definition) is 4. The SMILES string of the molecule is CN(C)C(=O)N1CCC(Nc2cccc3c2N=[Se]=N3)CC1. The van der Waals surface area contributed by atoms with Crippen LogP contribution in [0.4, 0.5) is 21.9 Å². The van der Waals surface area contributed by atoms with Crippen LogP contribution in [0.3, 0.4) is 0 Å². The van der Waals surface area contributed by atoms with Crippen LogP contribution in [-0.4, -0.2) is 63.6 Å². The van der Waals surface area contributed by atoms with Gasteiger partial charge in [-0.3, -0.25) is 0 Å². The minimum absolute atomic E-state index is 0.00160. The summed E-state index contributed by atoms with van der Waals surface area (Å²) in [6.07, 6.45) is 1.93. The van der Waals surface area contributed by atoms with Gasteiger partial charge in [-0.1, -0.05) is 0 Å². The maximum atomic E-state index is 11.9. The van der Waals surface area contributed by atoms with Gasteiger partial charge in [-0.25, -0.2) is 0 Å². The molecule has 2 heterocycles. The number of benzene rings is 1. The number of fused-ring (bicyclic) bond motifs is 1. The number of hydrogen-bond donors (Lipinski definition) is 1. The Bertz CT molecular complexity index is 616. The molecule has 2 amide bonds. The first-order chi connectivity index (χ1) is 10.1. The summed E-state index contributed by atoms with van der Waals surface area (Å²) in [4.78, 5) is 15.5. The number of carbonyl (C=O) groups is 1. The van der Waals surface area contributed by atoms with E-state index < -0.39 is 0 Å². The third-order valence-electron chi connectivity index (χ3n) is 3.79. The second kappa shape index (κ2) is 6.03. The Hall–Kier alpha value is -1.59. The van der Waals surface area contributed by atoms with E-state index in [9.17, 15) is 4.79 Å². The number of piperidine rings is 1. The number of nitrogens with one attached hydrogen (secondary N) is 1. The van der Waals surface area contributed by atoms with Gasteiger partial charge in [0.05, 0.1) is 0 Å². The third kappa shape index (κ3) is 3.04. The van der Waals surface area contributed by atoms with Gasteiger partial charge in [0.25, 0.3) is 0 Å². The number of urea groups is 1. The van der Waals surface area contributed by atoms with Crippen LogP contribution in [-0.2, 0) is 0 Å². The molecule has 7 heteroatoms. The van der Waals surface area contributed by atoms with Crippen molar-refractivity contribution in [2.45, 2.75) is 18.9 Å². The quantitative estimate of drug-likeness (QED) is 0.845. The molecule has 3 rings (SSSR count). The number of carbonyl (C=O) groups excluding carboxylic acids is 1. The summed E-state index contributed by atoms with van der Waals surface area (Å²) in [7, 11) is 3.60. The molecule has 6 nitrogen and oxygen atoms in total. The molecule has 1 aromatic carbocycles. The zero-order valence-corrected chi connectivity index (χ0v) is 14.0. The van der Waals surface area contributed by atoms with Crippen LogP contribution >= 0.6 is 0 Å². The van der Waals surface area contributed by atoms with Crippen molar-refractivity contribution in [3.8, 4) is 0 Å². The molecule has 1 aromatic rings. The van der Waals surface area contributed by atoms with Crippen molar-refractivity contribution in [1.29, 1.82) is 0 Å². The van der Waals surface area contributed by atoms with E-state index in [1.807, 2.05) is 17.0 Å². The molecule has 0 atom stereocenters. The van der Waals surface area contributed by atoms with E-state index >= 15 is 0 Å². The first kappa shape index (κ1) is 14.4. The molecule has 1 saturated heterocycles. The van der Waals surface area contributed by atoms with Crippen LogP contribution in [0.1, 0.15) is 12.8 Å². The van der Waals surface area contributed by atoms with Gasteiger partial charge in [-0.05, 0) is 0 Å². The standard InChI is InChI=1S/C14H19N5OSe/c1-18(2)14(20)19-8-6-10(7-9-19)15-11-4-3-5-12-13(11)17-21-16-12/h3-5,10,15H,6-9H2,1-2H3. The Kier molecular flexibility index (Phi) is 4.12. The Labute approximate surface area is 130 Å². The van der Waals surface area contributed by atoms with E-state index in [4.69, 9.17) is 0 Å². The van der Waals surface area contributed by atoms with Gasteiger partial charge in [0, 0.05) is 0 Å². The fourth-order valence-electron chi connectivity index (χ4n) is 2.64. The predicted octanol–water partition coefficient (Wildman–Crippen LogP) is 2.59. The Morgan fingerprint density at radius 3 is 2.81 bits per heavy atom. The van der Waals surface area contributed by atoms with Crippen molar-refractivity contribution < 1.29 is 4.79 Å². The second-order valence-electron chi connectivity index (χ2n) is 5.52. The van der Waals surface area contributed by atoms with E-state index in [1.54, 1.807) is 19.0 Å². The normalized spacial score (nSPS) is 17.3. The number of likely N-dealkylation sites (tertiary alicyclic amines) is 1. The summed E-state index contributed by atoms with van der Waals surface area (Å²) in [5.74, 6) is 0. The molecule has 0 aromatic heterocycles. The third-order valence-corrected chi connectivity index (χ3v) is 4.93. The Morgan fingerprint density at radius 1 is 1.33 bits per heavy atom. The molecule has 0 aliphatic carbocycles. The first-order valence-corrected chi connectivity index (χ1v) is 8.62. The molecule has 0 bridgehead atoms. The predicted molar refractivity (Wildman–Crippen MR) is 83.7 cm³/mol. The zero-order chi connectivity index (χ0) is 14.8. The topological polar surface area (TPSA) is 60.3 Å². The average Bonchev–Trinajstić information content (AvgIpc) is 2.97. The molecule has 21 heavy (non-hydrogen) atoms. The van der Waals surface area contributed by atoms with Gasteiger partial charge in [0.1, 0.15) is 0 Å². The zero-order valence-electron chi connectivity index (χ0n) is 12.2. The molecule has 112 valence electrons. The molecule has 1 fully saturated rings. The Balaban J connectivity index is 1.61. The molecule has 0 saturated carbocycles. The van der Waals surface area contributed by atoms with Crippen molar-refractivity contribution in [3.63, 3.8) is 0 Å². The number of anilines is 1. The van der Waals surface area contributed by atoms with Crippen LogP contribution in [0.2, 0.25) is 0 Å². The number of amides is 2. The second-order valence-corrected chi connectivity index (χ2v) is 6.63. The van der Waals surface area contributed by atoms with E-state index in [0.717, 1.165) is 43.0 Å². The summed E-state index contributed by atoms with van der Waals surface area (Å²) in [5, 5.41) is 3.57. The summed E-state index contributed by atoms with van der Waals surface area (Å²) in [6, 6.07) is 6.59. The van der Waals surface area contributed by atoms with E-state index in [1.165, 1.54) is 0 Å². The number of rotatable bonds is 2. The molecule has 0 spiro atoms. The number of nitrogens with zero attached hydrogens (tertiary/aromatic N) is 4. The van der Waals surface area contributed by atoms with Crippen molar-refractivity contribution in [2.75, 3.05) is 32.5 Å². The molecule has 0 radical (unpaired) electrons. The van der Waals surface area contributed by atoms with Crippen molar-refractivity contribution in [1.82, 2.24) is 9.80 Å². The fourth-order valence-corrected chi connectivity index (χ4v) is 3.79. The monoisotopic (exact) mass is 353 g/mol. The summed E-state index contributed by atoms with van der Waals surface area (Å²) in [6.45, 7) is 1.60. The van der Waals surface area contributed by atoms with Crippen LogP contribution in [0.5, 0.6) is 0 Å². The maximum absolute atomic E-state index is 11.9. The van der Waals surface area contributed by atoms with E-state index in [0.29, 0.717) is 6.04 Å². The molecule has 2 aliphatic heterocycles. The van der Waals surface area contributed by atoms with Crippen LogP contribution in [0.15, 0.2) is 26.1 Å². The van der Waals surface area contributed by atoms with Gasteiger partial charge in [0.15, 0.2) is 0 Å². The van der Waals surface area contributed by atoms with Crippen molar-refractivity contribution in [2.24, 2.45) is 7.92 Å². The molecule has 2 aliphatic rings. The summed E-state index contributed by atoms with van der Waals surface area (Å²) < 4.78 is 8.90.